The fourth-order valence-electron chi connectivity index (χ4n) is 13.8. The van der Waals surface area contributed by atoms with Gasteiger partial charge in [0.25, 0.3) is 6.71 Å². The molecule has 0 radical (unpaired) electrons. The Morgan fingerprint density at radius 2 is 0.809 bits per heavy atom. The van der Waals surface area contributed by atoms with Crippen LogP contribution in [0.15, 0.2) is 297 Å². The average Bonchev–Trinajstić information content (AvgIpc) is 0.992. The normalized spacial score (nSPS) is 12.4. The van der Waals surface area contributed by atoms with E-state index >= 15 is 0 Å². The van der Waals surface area contributed by atoms with Crippen LogP contribution in [-0.2, 0) is 6.18 Å². The number of nitriles is 1. The van der Waals surface area contributed by atoms with Crippen LogP contribution in [0.25, 0.3) is 94.3 Å². The second-order valence-electron chi connectivity index (χ2n) is 23.2. The molecule has 0 N–H and O–H groups in total. The Balaban J connectivity index is 0.981. The number of alkyl halides is 3. The number of rotatable bonds is 9. The molecule has 420 valence electrons. The molecular weight excluding hydrogens is 1100 g/mol. The molecule has 3 heterocycles. The van der Waals surface area contributed by atoms with Gasteiger partial charge in [-0.05, 0) is 199 Å². The maximum absolute atomic E-state index is 14.5. The fourth-order valence-corrected chi connectivity index (χ4v) is 13.8. The highest BCUT2D eigenvalue weighted by molar-refractivity contribution is 7.00. The monoisotopic (exact) mass is 1150 g/mol. The van der Waals surface area contributed by atoms with Crippen LogP contribution in [0.4, 0.5) is 47.3 Å². The highest BCUT2D eigenvalue weighted by Gasteiger charge is 2.44. The van der Waals surface area contributed by atoms with E-state index in [-0.39, 0.29) is 6.71 Å². The number of hydrogen-bond donors (Lipinski definition) is 0. The Kier molecular flexibility index (Phi) is 12.7. The zero-order valence-corrected chi connectivity index (χ0v) is 48.3. The number of hydrogen-bond acceptors (Lipinski definition) is 3. The molecule has 0 aliphatic carbocycles. The first-order valence-electron chi connectivity index (χ1n) is 29.9. The van der Waals surface area contributed by atoms with E-state index in [2.05, 4.69) is 269 Å². The van der Waals surface area contributed by atoms with Gasteiger partial charge < -0.3 is 14.4 Å². The molecule has 0 fully saturated rings. The lowest BCUT2D eigenvalue weighted by atomic mass is 9.33. The second-order valence-corrected chi connectivity index (χ2v) is 23.2. The molecule has 0 atom stereocenters. The van der Waals surface area contributed by atoms with Crippen molar-refractivity contribution >= 4 is 79.0 Å². The summed E-state index contributed by atoms with van der Waals surface area (Å²) in [6.45, 7) is 1.53. The Labute approximate surface area is 514 Å². The van der Waals surface area contributed by atoms with Crippen LogP contribution in [0.1, 0.15) is 16.7 Å². The lowest BCUT2D eigenvalue weighted by molar-refractivity contribution is -0.137. The lowest BCUT2D eigenvalue weighted by Crippen LogP contribution is -2.61. The maximum Gasteiger partial charge on any atom is 0.416 e. The van der Waals surface area contributed by atoms with Crippen molar-refractivity contribution in [2.45, 2.75) is 13.1 Å². The van der Waals surface area contributed by atoms with Gasteiger partial charge in [-0.15, -0.1) is 0 Å². The lowest BCUT2D eigenvalue weighted by Gasteiger charge is -2.44. The number of nitrogens with zero attached hydrogens (tertiary/aromatic N) is 4. The van der Waals surface area contributed by atoms with Crippen molar-refractivity contribution in [2.75, 3.05) is 9.80 Å². The Hall–Kier alpha value is -11.4. The van der Waals surface area contributed by atoms with Crippen LogP contribution < -0.4 is 26.2 Å². The third-order valence-electron chi connectivity index (χ3n) is 17.8. The summed E-state index contributed by atoms with van der Waals surface area (Å²) in [4.78, 5) is 4.97. The van der Waals surface area contributed by atoms with E-state index in [0.717, 1.165) is 118 Å². The van der Waals surface area contributed by atoms with Crippen molar-refractivity contribution in [1.29, 1.82) is 5.26 Å². The molecule has 1 aromatic heterocycles. The zero-order valence-electron chi connectivity index (χ0n) is 48.3. The first kappa shape index (κ1) is 53.1. The van der Waals surface area contributed by atoms with E-state index in [1.807, 2.05) is 18.2 Å². The number of aryl methyl sites for hydroxylation is 1. The van der Waals surface area contributed by atoms with Crippen molar-refractivity contribution < 1.29 is 13.2 Å². The predicted molar refractivity (Wildman–Crippen MR) is 362 cm³/mol. The molecule has 4 nitrogen and oxygen atoms in total. The van der Waals surface area contributed by atoms with Crippen molar-refractivity contribution in [1.82, 2.24) is 4.57 Å². The zero-order chi connectivity index (χ0) is 59.9. The van der Waals surface area contributed by atoms with Gasteiger partial charge in [0, 0.05) is 50.5 Å². The van der Waals surface area contributed by atoms with Gasteiger partial charge >= 0.3 is 6.18 Å². The molecule has 13 aromatic carbocycles. The quantitative estimate of drug-likeness (QED) is 0.135. The fraction of sp³-hybridized carbons (Fsp3) is 0.0247. The van der Waals surface area contributed by atoms with Crippen LogP contribution in [-0.4, -0.2) is 11.3 Å². The minimum absolute atomic E-state index is 0.145. The Morgan fingerprint density at radius 3 is 1.31 bits per heavy atom. The number of fused-ring (bicyclic) bond motifs is 7. The van der Waals surface area contributed by atoms with E-state index in [0.29, 0.717) is 27.9 Å². The van der Waals surface area contributed by atoms with Gasteiger partial charge in [0.1, 0.15) is 0 Å². The van der Waals surface area contributed by atoms with Crippen LogP contribution >= 0.6 is 0 Å². The molecule has 14 aromatic rings. The summed E-state index contributed by atoms with van der Waals surface area (Å²) in [6, 6.07) is 105. The van der Waals surface area contributed by atoms with Crippen LogP contribution in [0.5, 0.6) is 0 Å². The highest BCUT2D eigenvalue weighted by Crippen LogP contribution is 2.50. The molecular formula is C81H52BF3N4. The van der Waals surface area contributed by atoms with E-state index in [4.69, 9.17) is 0 Å². The number of aromatic nitrogens is 1. The molecule has 16 rings (SSSR count). The van der Waals surface area contributed by atoms with Gasteiger partial charge in [-0.25, -0.2) is 0 Å². The van der Waals surface area contributed by atoms with Crippen LogP contribution in [0.3, 0.4) is 0 Å². The minimum Gasteiger partial charge on any atom is -0.311 e. The third kappa shape index (κ3) is 9.17. The highest BCUT2D eigenvalue weighted by atomic mass is 19.4. The van der Waals surface area contributed by atoms with Gasteiger partial charge in [0.15, 0.2) is 0 Å². The predicted octanol–water partition coefficient (Wildman–Crippen LogP) is 20.1. The summed E-state index contributed by atoms with van der Waals surface area (Å²) >= 11 is 0. The number of para-hydroxylation sites is 3. The maximum atomic E-state index is 14.5. The average molecular weight is 1150 g/mol. The smallest absolute Gasteiger partial charge is 0.311 e. The molecule has 89 heavy (non-hydrogen) atoms. The van der Waals surface area contributed by atoms with E-state index < -0.39 is 11.7 Å². The minimum atomic E-state index is -4.57. The van der Waals surface area contributed by atoms with Crippen LogP contribution in [0.2, 0.25) is 0 Å². The molecule has 0 unspecified atom stereocenters. The van der Waals surface area contributed by atoms with E-state index in [9.17, 15) is 18.4 Å². The summed E-state index contributed by atoms with van der Waals surface area (Å²) in [5.41, 5.74) is 24.1. The molecule has 0 saturated heterocycles. The number of halogens is 3. The summed E-state index contributed by atoms with van der Waals surface area (Å²) in [5.74, 6) is 0. The van der Waals surface area contributed by atoms with Gasteiger partial charge in [-0.1, -0.05) is 188 Å². The molecule has 0 amide bonds. The Morgan fingerprint density at radius 1 is 0.348 bits per heavy atom. The first-order chi connectivity index (χ1) is 43.6. The molecule has 0 spiro atoms. The third-order valence-corrected chi connectivity index (χ3v) is 17.8. The summed E-state index contributed by atoms with van der Waals surface area (Å²) in [7, 11) is 0. The molecule has 2 aliphatic heterocycles. The van der Waals surface area contributed by atoms with Gasteiger partial charge in [0.05, 0.1) is 33.9 Å². The molecule has 8 heteroatoms. The summed E-state index contributed by atoms with van der Waals surface area (Å²) in [6.07, 6.45) is -4.57. The van der Waals surface area contributed by atoms with Gasteiger partial charge in [-0.2, -0.15) is 18.4 Å². The molecule has 2 aliphatic rings. The number of benzene rings is 13. The van der Waals surface area contributed by atoms with Crippen LogP contribution in [0, 0.1) is 18.3 Å². The van der Waals surface area contributed by atoms with E-state index in [1.54, 1.807) is 25.1 Å². The molecule has 0 saturated carbocycles. The van der Waals surface area contributed by atoms with Crippen molar-refractivity contribution in [3.63, 3.8) is 0 Å². The molecule has 0 bridgehead atoms. The topological polar surface area (TPSA) is 35.2 Å². The summed E-state index contributed by atoms with van der Waals surface area (Å²) < 4.78 is 45.8. The van der Waals surface area contributed by atoms with Crippen molar-refractivity contribution in [3.8, 4) is 78.5 Å². The van der Waals surface area contributed by atoms with Gasteiger partial charge in [0.2, 0.25) is 0 Å². The first-order valence-corrected chi connectivity index (χ1v) is 29.9. The number of anilines is 6. The summed E-state index contributed by atoms with van der Waals surface area (Å²) in [5, 5.41) is 12.2. The van der Waals surface area contributed by atoms with Crippen molar-refractivity contribution in [2.24, 2.45) is 0 Å². The van der Waals surface area contributed by atoms with Gasteiger partial charge in [-0.3, -0.25) is 0 Å². The van der Waals surface area contributed by atoms with Crippen molar-refractivity contribution in [3.05, 3.63) is 314 Å². The second kappa shape index (κ2) is 21.2. The SMILES string of the molecule is Cc1cc(-c2cc(C#N)ccc2-n2c3ccccc3c3cc(-c4cc5c6c(c4)N(c4cc(-c7ccccc7)cc(-c7ccccc7)c4)c4ccccc4B6c4ccccc4N5c4cc(-c5ccccc5)cc(-c5ccccc5)c4)ccc32)cc(C(F)(F)F)c1. The van der Waals surface area contributed by atoms with E-state index in [1.165, 1.54) is 22.5 Å². The standard InChI is InChI=1S/C81H52BF3N4/c1-52-38-64(43-65(39-52)81(83,84)85)69-40-53(51-86)34-36-74(69)89-73-31-17-14-28-68(73)70-48-58(35-37-75(70)89)63-49-78-80-79(50-63)88(67-46-61(56-24-10-4-11-25-56)42-62(47-67)57-26-12-5-13-27-57)77-33-19-16-30-72(77)82(80)71-29-15-18-32-76(71)87(78)66-44-59(54-20-6-2-7-21-54)41-60(45-66)55-22-8-3-9-23-55/h2-50H,1H3. The Bertz CT molecular complexity index is 4850. The largest absolute Gasteiger partial charge is 0.416 e.